The Bertz CT molecular complexity index is 127. The minimum atomic E-state index is 0.891. The van der Waals surface area contributed by atoms with Crippen molar-refractivity contribution in [2.45, 2.75) is 25.7 Å². The van der Waals surface area contributed by atoms with Crippen LogP contribution < -0.4 is 0 Å². The predicted octanol–water partition coefficient (Wildman–Crippen LogP) is 1.82. The van der Waals surface area contributed by atoms with Crippen LogP contribution >= 0.6 is 0 Å². The SMILES string of the molecule is C1COC(=C2CCCO2)C1. The van der Waals surface area contributed by atoms with Crippen LogP contribution in [0.15, 0.2) is 11.5 Å². The lowest BCUT2D eigenvalue weighted by Crippen LogP contribution is -1.87. The van der Waals surface area contributed by atoms with E-state index < -0.39 is 0 Å². The molecule has 56 valence electrons. The lowest BCUT2D eigenvalue weighted by Gasteiger charge is -2.02. The third kappa shape index (κ3) is 0.981. The molecule has 0 radical (unpaired) electrons. The number of allylic oxidation sites excluding steroid dienone is 2. The van der Waals surface area contributed by atoms with Gasteiger partial charge in [-0.2, -0.15) is 0 Å². The van der Waals surface area contributed by atoms with Crippen LogP contribution in [0.3, 0.4) is 0 Å². The fraction of sp³-hybridized carbons (Fsp3) is 0.750. The maximum atomic E-state index is 5.39. The van der Waals surface area contributed by atoms with Crippen LogP contribution in [0.5, 0.6) is 0 Å². The van der Waals surface area contributed by atoms with E-state index in [2.05, 4.69) is 0 Å². The van der Waals surface area contributed by atoms with Crippen LogP contribution in [-0.2, 0) is 9.47 Å². The first-order chi connectivity index (χ1) is 4.97. The Kier molecular flexibility index (Phi) is 1.53. The third-order valence-electron chi connectivity index (χ3n) is 1.96. The minimum absolute atomic E-state index is 0.891. The Morgan fingerprint density at radius 1 is 0.800 bits per heavy atom. The molecule has 2 heteroatoms. The van der Waals surface area contributed by atoms with Crippen LogP contribution in [0.25, 0.3) is 0 Å². The summed E-state index contributed by atoms with van der Waals surface area (Å²) in [6.07, 6.45) is 4.52. The van der Waals surface area contributed by atoms with Crippen LogP contribution in [0.2, 0.25) is 0 Å². The molecule has 10 heavy (non-hydrogen) atoms. The Labute approximate surface area is 60.8 Å². The van der Waals surface area contributed by atoms with Gasteiger partial charge in [-0.25, -0.2) is 0 Å². The van der Waals surface area contributed by atoms with Crippen molar-refractivity contribution >= 4 is 0 Å². The van der Waals surface area contributed by atoms with E-state index >= 15 is 0 Å². The molecule has 0 aliphatic carbocycles. The van der Waals surface area contributed by atoms with E-state index in [9.17, 15) is 0 Å². The van der Waals surface area contributed by atoms with Crippen molar-refractivity contribution in [1.29, 1.82) is 0 Å². The van der Waals surface area contributed by atoms with Gasteiger partial charge in [0.15, 0.2) is 0 Å². The van der Waals surface area contributed by atoms with E-state index in [1.165, 1.54) is 12.8 Å². The smallest absolute Gasteiger partial charge is 0.134 e. The van der Waals surface area contributed by atoms with Crippen LogP contribution in [0, 0.1) is 0 Å². The number of hydrogen-bond acceptors (Lipinski definition) is 2. The van der Waals surface area contributed by atoms with Crippen molar-refractivity contribution < 1.29 is 9.47 Å². The number of rotatable bonds is 0. The summed E-state index contributed by atoms with van der Waals surface area (Å²) in [4.78, 5) is 0. The second-order valence-electron chi connectivity index (χ2n) is 2.75. The van der Waals surface area contributed by atoms with Gasteiger partial charge >= 0.3 is 0 Å². The Hall–Kier alpha value is -0.660. The summed E-state index contributed by atoms with van der Waals surface area (Å²) in [6.45, 7) is 1.78. The van der Waals surface area contributed by atoms with E-state index in [0.717, 1.165) is 37.6 Å². The van der Waals surface area contributed by atoms with E-state index in [1.54, 1.807) is 0 Å². The van der Waals surface area contributed by atoms with Crippen molar-refractivity contribution in [3.05, 3.63) is 11.5 Å². The molecular formula is C8H12O2. The molecule has 2 aliphatic heterocycles. The highest BCUT2D eigenvalue weighted by atomic mass is 16.5. The van der Waals surface area contributed by atoms with E-state index in [1.807, 2.05) is 0 Å². The quantitative estimate of drug-likeness (QED) is 0.511. The molecule has 2 heterocycles. The fourth-order valence-corrected chi connectivity index (χ4v) is 1.44. The third-order valence-corrected chi connectivity index (χ3v) is 1.96. The number of ether oxygens (including phenoxy) is 2. The molecule has 2 fully saturated rings. The maximum absolute atomic E-state index is 5.39. The van der Waals surface area contributed by atoms with Crippen molar-refractivity contribution in [3.63, 3.8) is 0 Å². The zero-order valence-electron chi connectivity index (χ0n) is 6.06. The maximum Gasteiger partial charge on any atom is 0.134 e. The second kappa shape index (κ2) is 2.52. The number of hydrogen-bond donors (Lipinski definition) is 0. The molecule has 0 aromatic heterocycles. The van der Waals surface area contributed by atoms with E-state index in [0.29, 0.717) is 0 Å². The summed E-state index contributed by atoms with van der Waals surface area (Å²) >= 11 is 0. The summed E-state index contributed by atoms with van der Waals surface area (Å²) in [6, 6.07) is 0. The van der Waals surface area contributed by atoms with Gasteiger partial charge in [0.05, 0.1) is 13.2 Å². The summed E-state index contributed by atoms with van der Waals surface area (Å²) in [5, 5.41) is 0. The summed E-state index contributed by atoms with van der Waals surface area (Å²) in [7, 11) is 0. The average molecular weight is 140 g/mol. The highest BCUT2D eigenvalue weighted by molar-refractivity contribution is 5.06. The van der Waals surface area contributed by atoms with Gasteiger partial charge < -0.3 is 9.47 Å². The van der Waals surface area contributed by atoms with Gasteiger partial charge in [-0.15, -0.1) is 0 Å². The van der Waals surface area contributed by atoms with Gasteiger partial charge in [0.2, 0.25) is 0 Å². The molecule has 2 aliphatic rings. The van der Waals surface area contributed by atoms with E-state index in [-0.39, 0.29) is 0 Å². The summed E-state index contributed by atoms with van der Waals surface area (Å²) < 4.78 is 10.8. The second-order valence-corrected chi connectivity index (χ2v) is 2.75. The van der Waals surface area contributed by atoms with Crippen molar-refractivity contribution in [3.8, 4) is 0 Å². The molecular weight excluding hydrogens is 128 g/mol. The highest BCUT2D eigenvalue weighted by Gasteiger charge is 2.18. The molecule has 0 unspecified atom stereocenters. The zero-order valence-corrected chi connectivity index (χ0v) is 6.06. The Morgan fingerprint density at radius 2 is 1.30 bits per heavy atom. The van der Waals surface area contributed by atoms with Gasteiger partial charge in [0.1, 0.15) is 11.5 Å². The first-order valence-electron chi connectivity index (χ1n) is 3.94. The first kappa shape index (κ1) is 6.08. The fourth-order valence-electron chi connectivity index (χ4n) is 1.44. The lowest BCUT2D eigenvalue weighted by molar-refractivity contribution is 0.205. The molecule has 0 aromatic rings. The van der Waals surface area contributed by atoms with Gasteiger partial charge in [-0.3, -0.25) is 0 Å². The zero-order chi connectivity index (χ0) is 6.81. The molecule has 2 saturated heterocycles. The molecule has 2 nitrogen and oxygen atoms in total. The largest absolute Gasteiger partial charge is 0.494 e. The normalized spacial score (nSPS) is 32.0. The topological polar surface area (TPSA) is 18.5 Å². The van der Waals surface area contributed by atoms with E-state index in [4.69, 9.17) is 9.47 Å². The van der Waals surface area contributed by atoms with Gasteiger partial charge in [-0.05, 0) is 12.8 Å². The van der Waals surface area contributed by atoms with Crippen LogP contribution in [0.4, 0.5) is 0 Å². The Balaban J connectivity index is 2.10. The van der Waals surface area contributed by atoms with Crippen LogP contribution in [0.1, 0.15) is 25.7 Å². The minimum Gasteiger partial charge on any atom is -0.494 e. The molecule has 0 aromatic carbocycles. The molecule has 0 amide bonds. The highest BCUT2D eigenvalue weighted by Crippen LogP contribution is 2.27. The molecule has 0 saturated carbocycles. The van der Waals surface area contributed by atoms with Crippen molar-refractivity contribution in [2.75, 3.05) is 13.2 Å². The summed E-state index contributed by atoms with van der Waals surface area (Å²) in [5.74, 6) is 2.25. The molecule has 0 spiro atoms. The lowest BCUT2D eigenvalue weighted by atomic mass is 10.2. The van der Waals surface area contributed by atoms with Gasteiger partial charge in [0, 0.05) is 12.8 Å². The Morgan fingerprint density at radius 3 is 1.60 bits per heavy atom. The first-order valence-corrected chi connectivity index (χ1v) is 3.94. The standard InChI is InChI=1S/C8H12O2/c1-3-7(9-5-1)8-4-2-6-10-8/h1-6H2. The van der Waals surface area contributed by atoms with Crippen molar-refractivity contribution in [2.24, 2.45) is 0 Å². The molecule has 0 N–H and O–H groups in total. The molecule has 0 bridgehead atoms. The summed E-state index contributed by atoms with van der Waals surface area (Å²) in [5.41, 5.74) is 0. The molecule has 2 rings (SSSR count). The van der Waals surface area contributed by atoms with Gasteiger partial charge in [0.25, 0.3) is 0 Å². The van der Waals surface area contributed by atoms with Crippen LogP contribution in [-0.4, -0.2) is 13.2 Å². The monoisotopic (exact) mass is 140 g/mol. The average Bonchev–Trinajstić information content (AvgIpc) is 2.59. The predicted molar refractivity (Wildman–Crippen MR) is 37.4 cm³/mol. The van der Waals surface area contributed by atoms with Gasteiger partial charge in [-0.1, -0.05) is 0 Å². The van der Waals surface area contributed by atoms with Crippen molar-refractivity contribution in [1.82, 2.24) is 0 Å². The molecule has 0 atom stereocenters.